The largest absolute Gasteiger partial charge is 0.507 e. The molecule has 42 heavy (non-hydrogen) atoms. The Morgan fingerprint density at radius 1 is 0.714 bits per heavy atom. The summed E-state index contributed by atoms with van der Waals surface area (Å²) >= 11 is 3.70. The Balaban J connectivity index is 2.01. The normalized spacial score (nSPS) is 17.4. The van der Waals surface area contributed by atoms with Crippen LogP contribution in [0.2, 0.25) is 0 Å². The summed E-state index contributed by atoms with van der Waals surface area (Å²) in [6.45, 7) is 31.8. The van der Waals surface area contributed by atoms with E-state index in [1.165, 1.54) is 9.79 Å². The quantitative estimate of drug-likeness (QED) is 0.166. The fourth-order valence-corrected chi connectivity index (χ4v) is 7.67. The molecule has 1 saturated heterocycles. The number of thioether (sulfide) groups is 2. The highest BCUT2D eigenvalue weighted by molar-refractivity contribution is 8.18. The summed E-state index contributed by atoms with van der Waals surface area (Å²) in [6.07, 6.45) is 0.225. The van der Waals surface area contributed by atoms with Crippen molar-refractivity contribution in [1.29, 1.82) is 0 Å². The highest BCUT2D eigenvalue weighted by Crippen LogP contribution is 2.51. The number of phenols is 1. The first kappa shape index (κ1) is 35.1. The van der Waals surface area contributed by atoms with Gasteiger partial charge in [0, 0.05) is 38.5 Å². The Labute approximate surface area is 264 Å². The molecule has 2 N–H and O–H groups in total. The summed E-state index contributed by atoms with van der Waals surface area (Å²) in [6, 6.07) is 8.92. The van der Waals surface area contributed by atoms with E-state index in [0.717, 1.165) is 34.6 Å². The van der Waals surface area contributed by atoms with Gasteiger partial charge >= 0.3 is 0 Å². The number of hydrogen-bond acceptors (Lipinski definition) is 6. The molecule has 4 nitrogen and oxygen atoms in total. The number of aliphatic hydroxyl groups excluding tert-OH is 1. The van der Waals surface area contributed by atoms with Gasteiger partial charge in [-0.3, -0.25) is 0 Å². The average Bonchev–Trinajstić information content (AvgIpc) is 3.59. The van der Waals surface area contributed by atoms with Gasteiger partial charge in [-0.05, 0) is 59.8 Å². The van der Waals surface area contributed by atoms with Crippen LogP contribution in [0.25, 0.3) is 0 Å². The fraction of sp³-hybridized carbons (Fsp3) is 0.667. The third-order valence-electron chi connectivity index (χ3n) is 7.46. The molecular weight excluding hydrogens is 561 g/mol. The van der Waals surface area contributed by atoms with Crippen molar-refractivity contribution in [2.75, 3.05) is 13.2 Å². The number of phenolic OH excluding ortho intramolecular Hbond substituents is 1. The van der Waals surface area contributed by atoms with E-state index in [0.29, 0.717) is 12.2 Å². The van der Waals surface area contributed by atoms with Crippen LogP contribution in [-0.4, -0.2) is 39.7 Å². The third-order valence-corrected chi connectivity index (χ3v) is 9.89. The second kappa shape index (κ2) is 12.2. The lowest BCUT2D eigenvalue weighted by Gasteiger charge is -2.33. The van der Waals surface area contributed by atoms with Crippen LogP contribution in [0.15, 0.2) is 34.1 Å². The molecule has 1 aliphatic heterocycles. The van der Waals surface area contributed by atoms with Crippen molar-refractivity contribution in [3.8, 4) is 11.5 Å². The number of benzene rings is 2. The van der Waals surface area contributed by atoms with Gasteiger partial charge in [0.15, 0.2) is 0 Å². The predicted octanol–water partition coefficient (Wildman–Crippen LogP) is 9.73. The van der Waals surface area contributed by atoms with Gasteiger partial charge < -0.3 is 19.7 Å². The number of aromatic hydroxyl groups is 1. The Bertz CT molecular complexity index is 1180. The number of hydrogen-bond donors (Lipinski definition) is 2. The molecule has 0 amide bonds. The molecule has 6 heteroatoms. The molecule has 0 saturated carbocycles. The van der Waals surface area contributed by atoms with Crippen LogP contribution < -0.4 is 4.74 Å². The van der Waals surface area contributed by atoms with Crippen LogP contribution in [0.4, 0.5) is 0 Å². The highest BCUT2D eigenvalue weighted by Gasteiger charge is 2.33. The first-order valence-electron chi connectivity index (χ1n) is 15.3. The van der Waals surface area contributed by atoms with Gasteiger partial charge in [-0.1, -0.05) is 83.1 Å². The lowest BCUT2D eigenvalue weighted by atomic mass is 9.79. The fourth-order valence-electron chi connectivity index (χ4n) is 5.08. The maximum atomic E-state index is 11.2. The number of epoxide rings is 1. The maximum absolute atomic E-state index is 11.2. The summed E-state index contributed by atoms with van der Waals surface area (Å²) in [5.41, 5.74) is 3.65. The van der Waals surface area contributed by atoms with Crippen LogP contribution in [-0.2, 0) is 26.4 Å². The van der Waals surface area contributed by atoms with E-state index in [2.05, 4.69) is 121 Å². The minimum Gasteiger partial charge on any atom is -0.507 e. The van der Waals surface area contributed by atoms with Gasteiger partial charge in [0.1, 0.15) is 18.1 Å². The monoisotopic (exact) mass is 616 g/mol. The minimum absolute atomic E-state index is 0.145. The molecule has 1 fully saturated rings. The molecule has 2 aromatic rings. The topological polar surface area (TPSA) is 62.2 Å². The zero-order valence-corrected chi connectivity index (χ0v) is 30.2. The smallest absolute Gasteiger partial charge is 0.126 e. The van der Waals surface area contributed by atoms with Crippen LogP contribution in [0.1, 0.15) is 126 Å². The minimum atomic E-state index is -0.552. The van der Waals surface area contributed by atoms with Crippen molar-refractivity contribution in [3.05, 3.63) is 46.5 Å². The van der Waals surface area contributed by atoms with Crippen LogP contribution in [0.3, 0.4) is 0 Å². The molecular formula is C36H56O4S2. The van der Waals surface area contributed by atoms with Gasteiger partial charge in [0.2, 0.25) is 0 Å². The summed E-state index contributed by atoms with van der Waals surface area (Å²) in [5, 5.41) is 21.8. The molecule has 2 atom stereocenters. The lowest BCUT2D eigenvalue weighted by Crippen LogP contribution is -2.25. The van der Waals surface area contributed by atoms with E-state index >= 15 is 0 Å². The Morgan fingerprint density at radius 3 is 1.40 bits per heavy atom. The maximum Gasteiger partial charge on any atom is 0.126 e. The molecule has 0 bridgehead atoms. The second-order valence-corrected chi connectivity index (χ2v) is 20.1. The summed E-state index contributed by atoms with van der Waals surface area (Å²) in [5.74, 6) is 1.31. The van der Waals surface area contributed by atoms with E-state index in [-0.39, 0.29) is 38.4 Å². The SMILES string of the molecule is CC(C)(Sc1cc(C(C)(C)C)c(O)c(C(C)(C)C)c1)Sc1cc(C(C)(C)C)c(OCC(O)CC2CO2)c(C(C)(C)C)c1. The van der Waals surface area contributed by atoms with Crippen molar-refractivity contribution in [2.45, 2.75) is 151 Å². The van der Waals surface area contributed by atoms with Crippen LogP contribution >= 0.6 is 23.5 Å². The number of ether oxygens (including phenoxy) is 2. The van der Waals surface area contributed by atoms with Gasteiger partial charge in [-0.2, -0.15) is 0 Å². The number of aliphatic hydroxyl groups is 1. The van der Waals surface area contributed by atoms with Crippen molar-refractivity contribution < 1.29 is 19.7 Å². The zero-order chi connectivity index (χ0) is 32.1. The zero-order valence-electron chi connectivity index (χ0n) is 28.6. The Morgan fingerprint density at radius 2 is 1.07 bits per heavy atom. The molecule has 236 valence electrons. The predicted molar refractivity (Wildman–Crippen MR) is 181 cm³/mol. The van der Waals surface area contributed by atoms with Crippen LogP contribution in [0, 0.1) is 0 Å². The second-order valence-electron chi connectivity index (χ2n) is 16.5. The molecule has 0 radical (unpaired) electrons. The Kier molecular flexibility index (Phi) is 10.2. The average molecular weight is 617 g/mol. The van der Waals surface area contributed by atoms with Gasteiger partial charge in [0.25, 0.3) is 0 Å². The molecule has 2 unspecified atom stereocenters. The van der Waals surface area contributed by atoms with Crippen molar-refractivity contribution in [2.24, 2.45) is 0 Å². The molecule has 0 aliphatic carbocycles. The van der Waals surface area contributed by atoms with Crippen LogP contribution in [0.5, 0.6) is 11.5 Å². The van der Waals surface area contributed by atoms with Crippen molar-refractivity contribution in [3.63, 3.8) is 0 Å². The number of rotatable bonds is 9. The third kappa shape index (κ3) is 9.33. The summed E-state index contributed by atoms with van der Waals surface area (Å²) in [7, 11) is 0. The molecule has 3 rings (SSSR count). The first-order valence-corrected chi connectivity index (χ1v) is 16.9. The van der Waals surface area contributed by atoms with Gasteiger partial charge in [0.05, 0.1) is 22.9 Å². The van der Waals surface area contributed by atoms with E-state index in [1.807, 2.05) is 23.5 Å². The van der Waals surface area contributed by atoms with E-state index in [9.17, 15) is 10.2 Å². The molecule has 1 heterocycles. The Hall–Kier alpha value is -1.34. The summed E-state index contributed by atoms with van der Waals surface area (Å²) in [4.78, 5) is 2.37. The summed E-state index contributed by atoms with van der Waals surface area (Å²) < 4.78 is 11.6. The van der Waals surface area contributed by atoms with Gasteiger partial charge in [-0.25, -0.2) is 0 Å². The van der Waals surface area contributed by atoms with E-state index in [1.54, 1.807) is 0 Å². The lowest BCUT2D eigenvalue weighted by molar-refractivity contribution is 0.0905. The highest BCUT2D eigenvalue weighted by atomic mass is 32.2. The van der Waals surface area contributed by atoms with E-state index < -0.39 is 6.10 Å². The van der Waals surface area contributed by atoms with E-state index in [4.69, 9.17) is 9.47 Å². The first-order chi connectivity index (χ1) is 18.9. The molecule has 2 aromatic carbocycles. The van der Waals surface area contributed by atoms with Crippen molar-refractivity contribution in [1.82, 2.24) is 0 Å². The molecule has 0 aromatic heterocycles. The molecule has 0 spiro atoms. The van der Waals surface area contributed by atoms with Gasteiger partial charge in [-0.15, -0.1) is 23.5 Å². The molecule has 1 aliphatic rings. The van der Waals surface area contributed by atoms with Crippen molar-refractivity contribution >= 4 is 23.5 Å². The standard InChI is InChI=1S/C36H56O4S2/c1-32(2,3)26-16-24(17-27(30(26)38)33(4,5)6)41-36(13,14)42-25-18-28(34(7,8)9)31(29(19-25)35(10,11)12)40-20-22(37)15-23-21-39-23/h16-19,22-23,37-38H,15,20-21H2,1-14H3.